The second-order valence-corrected chi connectivity index (χ2v) is 8.11. The van der Waals surface area contributed by atoms with Gasteiger partial charge in [0, 0.05) is 18.9 Å². The Kier molecular flexibility index (Phi) is 7.80. The number of nitrogens with one attached hydrogen (secondary N) is 2. The van der Waals surface area contributed by atoms with Gasteiger partial charge < -0.3 is 20.5 Å². The number of carboxylic acids is 1. The van der Waals surface area contributed by atoms with Crippen LogP contribution in [0, 0.1) is 5.92 Å². The summed E-state index contributed by atoms with van der Waals surface area (Å²) in [6, 6.07) is 14.2. The Balaban J connectivity index is 1.51. The van der Waals surface area contributed by atoms with Crippen molar-refractivity contribution in [3.8, 4) is 11.1 Å². The van der Waals surface area contributed by atoms with Crippen LogP contribution < -0.4 is 10.6 Å². The lowest BCUT2D eigenvalue weighted by molar-refractivity contribution is -0.180. The number of carbonyl (C=O) groups is 3. The standard InChI is InChI=1S/C24H25F3N2O5/c1-14(22(31)32)29-21(30)12-15(24(25,26)27)10-11-28-23(33)34-13-20-18-8-4-2-6-16(18)17-7-3-5-9-19(17)20/h2-9,14-15,20H,10-13H2,1H3,(H,28,33)(H,29,30)(H,31,32). The van der Waals surface area contributed by atoms with Gasteiger partial charge >= 0.3 is 18.2 Å². The van der Waals surface area contributed by atoms with E-state index in [9.17, 15) is 27.6 Å². The van der Waals surface area contributed by atoms with E-state index in [-0.39, 0.29) is 19.1 Å². The largest absolute Gasteiger partial charge is 0.480 e. The smallest absolute Gasteiger partial charge is 0.407 e. The number of alkyl carbamates (subject to hydrolysis) is 1. The van der Waals surface area contributed by atoms with Gasteiger partial charge in [-0.3, -0.25) is 9.59 Å². The van der Waals surface area contributed by atoms with Crippen LogP contribution in [0.1, 0.15) is 36.8 Å². The average molecular weight is 478 g/mol. The van der Waals surface area contributed by atoms with Crippen LogP contribution in [0.5, 0.6) is 0 Å². The number of halogens is 3. The van der Waals surface area contributed by atoms with Crippen LogP contribution >= 0.6 is 0 Å². The maximum atomic E-state index is 13.3. The zero-order valence-corrected chi connectivity index (χ0v) is 18.4. The number of rotatable bonds is 9. The molecule has 0 fully saturated rings. The van der Waals surface area contributed by atoms with Crippen LogP contribution in [0.15, 0.2) is 48.5 Å². The molecule has 10 heteroatoms. The number of benzene rings is 2. The van der Waals surface area contributed by atoms with Crippen molar-refractivity contribution in [1.29, 1.82) is 0 Å². The minimum absolute atomic E-state index is 0.0258. The second kappa shape index (κ2) is 10.6. The predicted molar refractivity (Wildman–Crippen MR) is 117 cm³/mol. The van der Waals surface area contributed by atoms with Crippen molar-refractivity contribution >= 4 is 18.0 Å². The van der Waals surface area contributed by atoms with Crippen molar-refractivity contribution in [2.75, 3.05) is 13.2 Å². The first-order valence-electron chi connectivity index (χ1n) is 10.8. The lowest BCUT2D eigenvalue weighted by Gasteiger charge is -2.21. The Bertz CT molecular complexity index is 1010. The van der Waals surface area contributed by atoms with E-state index in [1.165, 1.54) is 0 Å². The fourth-order valence-corrected chi connectivity index (χ4v) is 3.97. The van der Waals surface area contributed by atoms with Crippen molar-refractivity contribution in [3.63, 3.8) is 0 Å². The van der Waals surface area contributed by atoms with Gasteiger partial charge in [-0.2, -0.15) is 13.2 Å². The number of ether oxygens (including phenoxy) is 1. The quantitative estimate of drug-likeness (QED) is 0.504. The van der Waals surface area contributed by atoms with Gasteiger partial charge in [-0.25, -0.2) is 4.79 Å². The number of carboxylic acid groups (broad SMARTS) is 1. The zero-order valence-electron chi connectivity index (χ0n) is 18.4. The van der Waals surface area contributed by atoms with E-state index in [4.69, 9.17) is 9.84 Å². The highest BCUT2D eigenvalue weighted by Gasteiger charge is 2.40. The number of amides is 2. The fraction of sp³-hybridized carbons (Fsp3) is 0.375. The third kappa shape index (κ3) is 6.06. The molecule has 0 saturated heterocycles. The predicted octanol–water partition coefficient (Wildman–Crippen LogP) is 4.07. The molecule has 34 heavy (non-hydrogen) atoms. The van der Waals surface area contributed by atoms with E-state index in [0.29, 0.717) is 0 Å². The maximum Gasteiger partial charge on any atom is 0.407 e. The summed E-state index contributed by atoms with van der Waals surface area (Å²) in [4.78, 5) is 34.7. The Morgan fingerprint density at radius 1 is 1.03 bits per heavy atom. The highest BCUT2D eigenvalue weighted by atomic mass is 19.4. The van der Waals surface area contributed by atoms with E-state index in [2.05, 4.69) is 5.32 Å². The van der Waals surface area contributed by atoms with Gasteiger partial charge in [-0.1, -0.05) is 48.5 Å². The van der Waals surface area contributed by atoms with Crippen molar-refractivity contribution in [2.45, 2.75) is 37.9 Å². The molecule has 2 aromatic rings. The lowest BCUT2D eigenvalue weighted by atomic mass is 9.98. The molecule has 7 nitrogen and oxygen atoms in total. The van der Waals surface area contributed by atoms with Gasteiger partial charge in [-0.15, -0.1) is 0 Å². The zero-order chi connectivity index (χ0) is 24.9. The summed E-state index contributed by atoms with van der Waals surface area (Å²) >= 11 is 0. The fourth-order valence-electron chi connectivity index (χ4n) is 3.97. The van der Waals surface area contributed by atoms with Crippen molar-refractivity contribution in [3.05, 3.63) is 59.7 Å². The third-order valence-corrected chi connectivity index (χ3v) is 5.75. The van der Waals surface area contributed by atoms with Gasteiger partial charge in [0.05, 0.1) is 5.92 Å². The minimum Gasteiger partial charge on any atom is -0.480 e. The number of carbonyl (C=O) groups excluding carboxylic acids is 2. The third-order valence-electron chi connectivity index (χ3n) is 5.75. The molecule has 0 aromatic heterocycles. The lowest BCUT2D eigenvalue weighted by Crippen LogP contribution is -2.41. The minimum atomic E-state index is -4.69. The summed E-state index contributed by atoms with van der Waals surface area (Å²) in [7, 11) is 0. The van der Waals surface area contributed by atoms with E-state index in [1.54, 1.807) is 0 Å². The number of alkyl halides is 3. The normalized spacial score (nSPS) is 14.5. The molecule has 0 saturated carbocycles. The van der Waals surface area contributed by atoms with Crippen LogP contribution in [0.2, 0.25) is 0 Å². The molecule has 3 N–H and O–H groups in total. The molecule has 182 valence electrons. The average Bonchev–Trinajstić information content (AvgIpc) is 3.10. The molecule has 2 atom stereocenters. The molecule has 0 heterocycles. The van der Waals surface area contributed by atoms with Gasteiger partial charge in [-0.05, 0) is 35.6 Å². The van der Waals surface area contributed by atoms with E-state index < -0.39 is 48.9 Å². The van der Waals surface area contributed by atoms with Crippen LogP contribution in [0.4, 0.5) is 18.0 Å². The summed E-state index contributed by atoms with van der Waals surface area (Å²) in [6.45, 7) is 0.822. The summed E-state index contributed by atoms with van der Waals surface area (Å²) in [5.74, 6) is -4.60. The Hall–Kier alpha value is -3.56. The topological polar surface area (TPSA) is 105 Å². The molecule has 1 aliphatic rings. The van der Waals surface area contributed by atoms with E-state index in [0.717, 1.165) is 29.2 Å². The van der Waals surface area contributed by atoms with Crippen LogP contribution in [0.3, 0.4) is 0 Å². The summed E-state index contributed by atoms with van der Waals surface area (Å²) in [6.07, 6.45) is -7.03. The summed E-state index contributed by atoms with van der Waals surface area (Å²) in [5, 5.41) is 13.1. The molecular formula is C24H25F3N2O5. The highest BCUT2D eigenvalue weighted by Crippen LogP contribution is 2.44. The molecule has 2 aromatic carbocycles. The second-order valence-electron chi connectivity index (χ2n) is 8.11. The molecule has 2 amide bonds. The number of hydrogen-bond acceptors (Lipinski definition) is 4. The molecule has 0 aliphatic heterocycles. The maximum absolute atomic E-state index is 13.3. The molecule has 2 unspecified atom stereocenters. The molecular weight excluding hydrogens is 453 g/mol. The van der Waals surface area contributed by atoms with Crippen LogP contribution in [-0.4, -0.2) is 48.4 Å². The van der Waals surface area contributed by atoms with Crippen molar-refractivity contribution in [1.82, 2.24) is 10.6 Å². The molecule has 0 radical (unpaired) electrons. The van der Waals surface area contributed by atoms with Gasteiger partial charge in [0.2, 0.25) is 5.91 Å². The first-order valence-corrected chi connectivity index (χ1v) is 10.8. The van der Waals surface area contributed by atoms with Crippen LogP contribution in [-0.2, 0) is 14.3 Å². The Morgan fingerprint density at radius 3 is 2.12 bits per heavy atom. The number of aliphatic carboxylic acids is 1. The van der Waals surface area contributed by atoms with Crippen molar-refractivity contribution < 1.29 is 37.4 Å². The molecule has 0 bridgehead atoms. The summed E-state index contributed by atoms with van der Waals surface area (Å²) in [5.41, 5.74) is 4.12. The summed E-state index contributed by atoms with van der Waals surface area (Å²) < 4.78 is 45.2. The van der Waals surface area contributed by atoms with Crippen LogP contribution in [0.25, 0.3) is 11.1 Å². The SMILES string of the molecule is CC(NC(=O)CC(CCNC(=O)OCC1c2ccccc2-c2ccccc21)C(F)(F)F)C(=O)O. The van der Waals surface area contributed by atoms with E-state index >= 15 is 0 Å². The monoisotopic (exact) mass is 478 g/mol. The number of fused-ring (bicyclic) bond motifs is 3. The number of hydrogen-bond donors (Lipinski definition) is 3. The molecule has 0 spiro atoms. The van der Waals surface area contributed by atoms with Gasteiger partial charge in [0.1, 0.15) is 12.6 Å². The Morgan fingerprint density at radius 2 is 1.59 bits per heavy atom. The Labute approximate surface area is 194 Å². The van der Waals surface area contributed by atoms with Gasteiger partial charge in [0.25, 0.3) is 0 Å². The molecule has 1 aliphatic carbocycles. The highest BCUT2D eigenvalue weighted by molar-refractivity contribution is 5.83. The van der Waals surface area contributed by atoms with Crippen molar-refractivity contribution in [2.24, 2.45) is 5.92 Å². The molecule has 3 rings (SSSR count). The first-order chi connectivity index (χ1) is 16.1. The first kappa shape index (κ1) is 25.1. The van der Waals surface area contributed by atoms with Gasteiger partial charge in [0.15, 0.2) is 0 Å². The van der Waals surface area contributed by atoms with E-state index in [1.807, 2.05) is 53.8 Å².